The van der Waals surface area contributed by atoms with Crippen molar-refractivity contribution in [2.24, 2.45) is 0 Å². The van der Waals surface area contributed by atoms with Crippen LogP contribution in [0.4, 0.5) is 5.69 Å². The van der Waals surface area contributed by atoms with Crippen LogP contribution >= 0.6 is 0 Å². The zero-order valence-corrected chi connectivity index (χ0v) is 15.0. The molecule has 0 fully saturated rings. The fraction of sp³-hybridized carbons (Fsp3) is 0.300. The zero-order valence-electron chi connectivity index (χ0n) is 15.0. The molecule has 2 aromatic carbocycles. The van der Waals surface area contributed by atoms with E-state index < -0.39 is 6.10 Å². The molecule has 0 heterocycles. The Balaban J connectivity index is 1.99. The number of esters is 1. The van der Waals surface area contributed by atoms with Gasteiger partial charge in [0, 0.05) is 5.69 Å². The minimum Gasteiger partial charge on any atom is -0.481 e. The third kappa shape index (κ3) is 5.08. The lowest BCUT2D eigenvalue weighted by atomic mass is 10.1. The molecular weight excluding hydrogens is 318 g/mol. The summed E-state index contributed by atoms with van der Waals surface area (Å²) in [5.41, 5.74) is 3.08. The number of anilines is 1. The summed E-state index contributed by atoms with van der Waals surface area (Å²) in [5, 5.41) is 2.78. The van der Waals surface area contributed by atoms with E-state index in [2.05, 4.69) is 5.32 Å². The molecule has 132 valence electrons. The van der Waals surface area contributed by atoms with Gasteiger partial charge in [-0.2, -0.15) is 0 Å². The SMILES string of the molecule is CCOC(=O)c1ccc(NC(=O)C(C)Oc2cc(C)ccc2C)cc1. The van der Waals surface area contributed by atoms with E-state index in [0.717, 1.165) is 11.1 Å². The van der Waals surface area contributed by atoms with E-state index in [1.807, 2.05) is 32.0 Å². The van der Waals surface area contributed by atoms with Crippen LogP contribution in [0.15, 0.2) is 42.5 Å². The Bertz CT molecular complexity index is 753. The van der Waals surface area contributed by atoms with Crippen LogP contribution in [-0.2, 0) is 9.53 Å². The van der Waals surface area contributed by atoms with E-state index in [0.29, 0.717) is 23.6 Å². The molecular formula is C20H23NO4. The fourth-order valence-corrected chi connectivity index (χ4v) is 2.23. The van der Waals surface area contributed by atoms with E-state index in [1.54, 1.807) is 38.1 Å². The second-order valence-electron chi connectivity index (χ2n) is 5.82. The second kappa shape index (κ2) is 8.33. The molecule has 0 aromatic heterocycles. The first-order chi connectivity index (χ1) is 11.9. The van der Waals surface area contributed by atoms with Gasteiger partial charge < -0.3 is 14.8 Å². The first kappa shape index (κ1) is 18.5. The smallest absolute Gasteiger partial charge is 0.338 e. The van der Waals surface area contributed by atoms with Crippen molar-refractivity contribution in [2.45, 2.75) is 33.8 Å². The van der Waals surface area contributed by atoms with E-state index in [4.69, 9.17) is 9.47 Å². The number of carbonyl (C=O) groups excluding carboxylic acids is 2. The van der Waals surface area contributed by atoms with Gasteiger partial charge in [-0.1, -0.05) is 12.1 Å². The van der Waals surface area contributed by atoms with Crippen molar-refractivity contribution in [1.82, 2.24) is 0 Å². The summed E-state index contributed by atoms with van der Waals surface area (Å²) in [4.78, 5) is 23.9. The van der Waals surface area contributed by atoms with Gasteiger partial charge in [0.2, 0.25) is 0 Å². The van der Waals surface area contributed by atoms with Gasteiger partial charge >= 0.3 is 5.97 Å². The Morgan fingerprint density at radius 3 is 2.40 bits per heavy atom. The third-order valence-corrected chi connectivity index (χ3v) is 3.68. The highest BCUT2D eigenvalue weighted by molar-refractivity contribution is 5.95. The van der Waals surface area contributed by atoms with E-state index in [1.165, 1.54) is 0 Å². The van der Waals surface area contributed by atoms with Crippen LogP contribution in [0.25, 0.3) is 0 Å². The third-order valence-electron chi connectivity index (χ3n) is 3.68. The summed E-state index contributed by atoms with van der Waals surface area (Å²) in [7, 11) is 0. The number of carbonyl (C=O) groups is 2. The molecule has 2 rings (SSSR count). The summed E-state index contributed by atoms with van der Waals surface area (Å²) in [5.74, 6) is 0.0529. The molecule has 1 N–H and O–H groups in total. The minimum atomic E-state index is -0.648. The molecule has 0 spiro atoms. The van der Waals surface area contributed by atoms with Crippen molar-refractivity contribution in [2.75, 3.05) is 11.9 Å². The van der Waals surface area contributed by atoms with Crippen LogP contribution < -0.4 is 10.1 Å². The largest absolute Gasteiger partial charge is 0.481 e. The average Bonchev–Trinajstić information content (AvgIpc) is 2.59. The van der Waals surface area contributed by atoms with Crippen LogP contribution in [0.2, 0.25) is 0 Å². The summed E-state index contributed by atoms with van der Waals surface area (Å²) in [6.45, 7) is 7.69. The number of nitrogens with one attached hydrogen (secondary N) is 1. The maximum atomic E-state index is 12.3. The minimum absolute atomic E-state index is 0.259. The Morgan fingerprint density at radius 2 is 1.76 bits per heavy atom. The quantitative estimate of drug-likeness (QED) is 0.810. The van der Waals surface area contributed by atoms with E-state index in [9.17, 15) is 9.59 Å². The van der Waals surface area contributed by atoms with Crippen LogP contribution in [0.5, 0.6) is 5.75 Å². The van der Waals surface area contributed by atoms with Gasteiger partial charge in [0.25, 0.3) is 5.91 Å². The molecule has 0 aliphatic carbocycles. The molecule has 0 saturated carbocycles. The first-order valence-corrected chi connectivity index (χ1v) is 8.22. The Hall–Kier alpha value is -2.82. The highest BCUT2D eigenvalue weighted by Crippen LogP contribution is 2.21. The Labute approximate surface area is 148 Å². The van der Waals surface area contributed by atoms with Crippen LogP contribution in [0.3, 0.4) is 0 Å². The lowest BCUT2D eigenvalue weighted by Crippen LogP contribution is -2.30. The van der Waals surface area contributed by atoms with Gasteiger partial charge in [0.05, 0.1) is 12.2 Å². The van der Waals surface area contributed by atoms with Gasteiger partial charge in [-0.25, -0.2) is 4.79 Å². The molecule has 1 amide bonds. The van der Waals surface area contributed by atoms with Crippen molar-refractivity contribution in [3.8, 4) is 5.75 Å². The number of hydrogen-bond acceptors (Lipinski definition) is 4. The number of rotatable bonds is 6. The number of ether oxygens (including phenoxy) is 2. The topological polar surface area (TPSA) is 64.6 Å². The molecule has 25 heavy (non-hydrogen) atoms. The van der Waals surface area contributed by atoms with Crippen molar-refractivity contribution >= 4 is 17.6 Å². The monoisotopic (exact) mass is 341 g/mol. The van der Waals surface area contributed by atoms with E-state index in [-0.39, 0.29) is 11.9 Å². The fourth-order valence-electron chi connectivity index (χ4n) is 2.23. The average molecular weight is 341 g/mol. The van der Waals surface area contributed by atoms with Crippen molar-refractivity contribution in [3.05, 3.63) is 59.2 Å². The molecule has 1 atom stereocenters. The summed E-state index contributed by atoms with van der Waals surface area (Å²) >= 11 is 0. The van der Waals surface area contributed by atoms with Gasteiger partial charge in [-0.15, -0.1) is 0 Å². The maximum Gasteiger partial charge on any atom is 0.338 e. The molecule has 0 aliphatic rings. The summed E-state index contributed by atoms with van der Waals surface area (Å²) in [6, 6.07) is 12.4. The standard InChI is InChI=1S/C20H23NO4/c1-5-24-20(23)16-8-10-17(11-9-16)21-19(22)15(4)25-18-12-13(2)6-7-14(18)3/h6-12,15H,5H2,1-4H3,(H,21,22). The molecule has 0 aliphatic heterocycles. The predicted molar refractivity (Wildman–Crippen MR) is 97.0 cm³/mol. The molecule has 1 unspecified atom stereocenters. The lowest BCUT2D eigenvalue weighted by molar-refractivity contribution is -0.122. The van der Waals surface area contributed by atoms with Crippen molar-refractivity contribution in [3.63, 3.8) is 0 Å². The van der Waals surface area contributed by atoms with Gasteiger partial charge in [-0.3, -0.25) is 4.79 Å². The molecule has 2 aromatic rings. The van der Waals surface area contributed by atoms with Crippen molar-refractivity contribution < 1.29 is 19.1 Å². The Morgan fingerprint density at radius 1 is 1.08 bits per heavy atom. The lowest BCUT2D eigenvalue weighted by Gasteiger charge is -2.17. The summed E-state index contributed by atoms with van der Waals surface area (Å²) in [6.07, 6.45) is -0.648. The molecule has 5 heteroatoms. The molecule has 0 bridgehead atoms. The number of aryl methyl sites for hydroxylation is 2. The Kier molecular flexibility index (Phi) is 6.17. The highest BCUT2D eigenvalue weighted by atomic mass is 16.5. The molecule has 0 radical (unpaired) electrons. The zero-order chi connectivity index (χ0) is 18.4. The first-order valence-electron chi connectivity index (χ1n) is 8.22. The van der Waals surface area contributed by atoms with Gasteiger partial charge in [0.1, 0.15) is 5.75 Å². The maximum absolute atomic E-state index is 12.3. The van der Waals surface area contributed by atoms with E-state index >= 15 is 0 Å². The summed E-state index contributed by atoms with van der Waals surface area (Å²) < 4.78 is 10.7. The number of hydrogen-bond donors (Lipinski definition) is 1. The second-order valence-corrected chi connectivity index (χ2v) is 5.82. The normalized spacial score (nSPS) is 11.5. The predicted octanol–water partition coefficient (Wildman–Crippen LogP) is 3.89. The van der Waals surface area contributed by atoms with Gasteiger partial charge in [-0.05, 0) is 69.2 Å². The van der Waals surface area contributed by atoms with Crippen molar-refractivity contribution in [1.29, 1.82) is 0 Å². The number of amides is 1. The van der Waals surface area contributed by atoms with Crippen LogP contribution in [-0.4, -0.2) is 24.6 Å². The van der Waals surface area contributed by atoms with Crippen LogP contribution in [0, 0.1) is 13.8 Å². The molecule has 5 nitrogen and oxygen atoms in total. The van der Waals surface area contributed by atoms with Gasteiger partial charge in [0.15, 0.2) is 6.10 Å². The molecule has 0 saturated heterocycles. The van der Waals surface area contributed by atoms with Crippen LogP contribution in [0.1, 0.15) is 35.3 Å². The highest BCUT2D eigenvalue weighted by Gasteiger charge is 2.16. The number of benzene rings is 2.